The summed E-state index contributed by atoms with van der Waals surface area (Å²) in [6, 6.07) is 15.4. The number of rotatable bonds is 6. The molecule has 0 aliphatic heterocycles. The lowest BCUT2D eigenvalue weighted by Gasteiger charge is -2.18. The summed E-state index contributed by atoms with van der Waals surface area (Å²) in [6.45, 7) is 1.76. The second-order valence-corrected chi connectivity index (χ2v) is 7.36. The van der Waals surface area contributed by atoms with E-state index in [0.717, 1.165) is 12.7 Å². The van der Waals surface area contributed by atoms with Gasteiger partial charge < -0.3 is 4.74 Å². The fourth-order valence-electron chi connectivity index (χ4n) is 3.24. The third-order valence-corrected chi connectivity index (χ3v) is 5.04. The molecule has 1 atom stereocenters. The van der Waals surface area contributed by atoms with Gasteiger partial charge in [0.2, 0.25) is 0 Å². The quantitative estimate of drug-likeness (QED) is 0.276. The highest BCUT2D eigenvalue weighted by Crippen LogP contribution is 2.32. The summed E-state index contributed by atoms with van der Waals surface area (Å²) in [5.41, 5.74) is 1.74. The zero-order chi connectivity index (χ0) is 23.5. The largest absolute Gasteiger partial charge is 0.414 e. The van der Waals surface area contributed by atoms with Crippen LogP contribution >= 0.6 is 0 Å². The molecule has 0 saturated carbocycles. The minimum atomic E-state index is -4.53. The maximum atomic E-state index is 14.7. The number of alkyl halides is 3. The van der Waals surface area contributed by atoms with Crippen LogP contribution in [0.25, 0.3) is 22.8 Å². The van der Waals surface area contributed by atoms with Crippen LogP contribution in [0.4, 0.5) is 26.3 Å². The van der Waals surface area contributed by atoms with Gasteiger partial charge in [-0.1, -0.05) is 60.7 Å². The van der Waals surface area contributed by atoms with Crippen molar-refractivity contribution in [1.82, 2.24) is 0 Å². The molecule has 0 N–H and O–H groups in total. The Morgan fingerprint density at radius 3 is 1.84 bits per heavy atom. The Morgan fingerprint density at radius 2 is 1.38 bits per heavy atom. The van der Waals surface area contributed by atoms with E-state index in [4.69, 9.17) is 0 Å². The van der Waals surface area contributed by atoms with Crippen molar-refractivity contribution in [3.05, 3.63) is 94.8 Å². The first kappa shape index (κ1) is 23.6. The van der Waals surface area contributed by atoms with Crippen LogP contribution in [0.1, 0.15) is 22.3 Å². The molecule has 0 bridgehead atoms. The molecule has 1 nitrogen and oxygen atoms in total. The zero-order valence-electron chi connectivity index (χ0n) is 17.3. The van der Waals surface area contributed by atoms with E-state index in [2.05, 4.69) is 4.74 Å². The first-order chi connectivity index (χ1) is 15.1. The number of aryl methyl sites for hydroxylation is 1. The van der Waals surface area contributed by atoms with E-state index >= 15 is 0 Å². The van der Waals surface area contributed by atoms with Crippen LogP contribution < -0.4 is 0 Å². The summed E-state index contributed by atoms with van der Waals surface area (Å²) in [4.78, 5) is 0. The number of hydrogen-bond acceptors (Lipinski definition) is 1. The monoisotopic (exact) mass is 450 g/mol. The molecule has 3 aromatic carbocycles. The van der Waals surface area contributed by atoms with Gasteiger partial charge in [-0.25, -0.2) is 13.2 Å². The van der Waals surface area contributed by atoms with E-state index in [9.17, 15) is 26.3 Å². The molecule has 0 radical (unpaired) electrons. The van der Waals surface area contributed by atoms with E-state index in [-0.39, 0.29) is 16.7 Å². The number of benzene rings is 3. The highest BCUT2D eigenvalue weighted by atomic mass is 19.4. The maximum Gasteiger partial charge on any atom is 0.414 e. The number of hydrogen-bond donors (Lipinski definition) is 0. The van der Waals surface area contributed by atoms with Crippen LogP contribution in [-0.4, -0.2) is 19.4 Å². The molecule has 168 valence electrons. The van der Waals surface area contributed by atoms with Gasteiger partial charge in [-0.05, 0) is 29.7 Å². The molecular formula is C25H20F6O. The van der Waals surface area contributed by atoms with E-state index in [0.29, 0.717) is 11.1 Å². The number of methoxy groups -OCH3 is 1. The van der Waals surface area contributed by atoms with Crippen molar-refractivity contribution in [1.29, 1.82) is 0 Å². The fraction of sp³-hybridized carbons (Fsp3) is 0.200. The van der Waals surface area contributed by atoms with Crippen LogP contribution in [0, 0.1) is 12.7 Å². The number of ether oxygens (including phenoxy) is 1. The molecule has 0 aliphatic rings. The van der Waals surface area contributed by atoms with E-state index in [1.807, 2.05) is 0 Å². The Labute approximate surface area is 182 Å². The Hall–Kier alpha value is -3.06. The van der Waals surface area contributed by atoms with Gasteiger partial charge in [-0.3, -0.25) is 0 Å². The topological polar surface area (TPSA) is 9.23 Å². The van der Waals surface area contributed by atoms with Crippen LogP contribution in [0.2, 0.25) is 0 Å². The van der Waals surface area contributed by atoms with Crippen molar-refractivity contribution in [2.75, 3.05) is 7.11 Å². The van der Waals surface area contributed by atoms with Gasteiger partial charge in [0.05, 0.1) is 0 Å². The minimum absolute atomic E-state index is 0.0423. The van der Waals surface area contributed by atoms with Crippen molar-refractivity contribution in [2.45, 2.75) is 25.6 Å². The second-order valence-electron chi connectivity index (χ2n) is 7.36. The smallest absolute Gasteiger partial charge is 0.372 e. The fourth-order valence-corrected chi connectivity index (χ4v) is 3.24. The maximum absolute atomic E-state index is 14.7. The van der Waals surface area contributed by atoms with Gasteiger partial charge in [0.1, 0.15) is 5.82 Å². The Kier molecular flexibility index (Phi) is 7.09. The minimum Gasteiger partial charge on any atom is -0.372 e. The van der Waals surface area contributed by atoms with E-state index < -0.39 is 36.2 Å². The van der Waals surface area contributed by atoms with Crippen molar-refractivity contribution in [3.63, 3.8) is 0 Å². The normalized spacial score (nSPS) is 13.6. The van der Waals surface area contributed by atoms with Gasteiger partial charge >= 0.3 is 6.18 Å². The predicted octanol–water partition coefficient (Wildman–Crippen LogP) is 7.69. The molecular weight excluding hydrogens is 430 g/mol. The lowest BCUT2D eigenvalue weighted by atomic mass is 10.0. The average molecular weight is 450 g/mol. The summed E-state index contributed by atoms with van der Waals surface area (Å²) < 4.78 is 86.3. The molecule has 3 rings (SSSR count). The summed E-state index contributed by atoms with van der Waals surface area (Å²) in [5.74, 6) is -2.69. The highest BCUT2D eigenvalue weighted by Gasteiger charge is 2.39. The van der Waals surface area contributed by atoms with Gasteiger partial charge in [0, 0.05) is 30.2 Å². The third-order valence-electron chi connectivity index (χ3n) is 5.04. The summed E-state index contributed by atoms with van der Waals surface area (Å²) in [7, 11) is 0.961. The van der Waals surface area contributed by atoms with Crippen LogP contribution in [0.5, 0.6) is 0 Å². The van der Waals surface area contributed by atoms with Crippen LogP contribution in [0.15, 0.2) is 66.7 Å². The van der Waals surface area contributed by atoms with E-state index in [1.165, 1.54) is 54.6 Å². The second kappa shape index (κ2) is 9.61. The van der Waals surface area contributed by atoms with Gasteiger partial charge in [-0.15, -0.1) is 0 Å². The van der Waals surface area contributed by atoms with Crippen molar-refractivity contribution >= 4 is 11.7 Å². The first-order valence-electron chi connectivity index (χ1n) is 9.71. The molecule has 3 aromatic rings. The van der Waals surface area contributed by atoms with Crippen molar-refractivity contribution < 1.29 is 31.1 Å². The SMILES string of the molecule is COC(Cc1ccc(/C(F)=C(/F)c2ccc(-c3ccc(C)cc3F)cc2)cc1)C(F)(F)F. The standard InChI is InChI=1S/C25H20F6O/c1-15-3-12-20(21(26)13-15)17-8-10-19(11-9-17)24(28)23(27)18-6-4-16(5-7-18)14-22(32-2)25(29,30)31/h3-13,22H,14H2,1-2H3/b24-23-. The lowest BCUT2D eigenvalue weighted by molar-refractivity contribution is -0.212. The predicted molar refractivity (Wildman–Crippen MR) is 113 cm³/mol. The van der Waals surface area contributed by atoms with Gasteiger partial charge in [0.15, 0.2) is 17.8 Å². The average Bonchev–Trinajstić information content (AvgIpc) is 2.76. The van der Waals surface area contributed by atoms with Gasteiger partial charge in [-0.2, -0.15) is 13.2 Å². The molecule has 0 aromatic heterocycles. The summed E-state index contributed by atoms with van der Waals surface area (Å²) >= 11 is 0. The Morgan fingerprint density at radius 1 is 0.844 bits per heavy atom. The third kappa shape index (κ3) is 5.40. The number of halogens is 6. The Bertz CT molecular complexity index is 1100. The molecule has 32 heavy (non-hydrogen) atoms. The molecule has 7 heteroatoms. The van der Waals surface area contributed by atoms with Crippen LogP contribution in [0.3, 0.4) is 0 Å². The highest BCUT2D eigenvalue weighted by molar-refractivity contribution is 5.83. The molecule has 0 spiro atoms. The first-order valence-corrected chi connectivity index (χ1v) is 9.71. The molecule has 1 unspecified atom stereocenters. The van der Waals surface area contributed by atoms with Crippen molar-refractivity contribution in [3.8, 4) is 11.1 Å². The van der Waals surface area contributed by atoms with Crippen molar-refractivity contribution in [2.24, 2.45) is 0 Å². The molecule has 0 heterocycles. The molecule has 0 aliphatic carbocycles. The van der Waals surface area contributed by atoms with E-state index in [1.54, 1.807) is 19.1 Å². The van der Waals surface area contributed by atoms with Gasteiger partial charge in [0.25, 0.3) is 0 Å². The lowest BCUT2D eigenvalue weighted by Crippen LogP contribution is -2.32. The molecule has 0 amide bonds. The van der Waals surface area contributed by atoms with Crippen LogP contribution in [-0.2, 0) is 11.2 Å². The summed E-state index contributed by atoms with van der Waals surface area (Å²) in [5, 5.41) is 0. The summed E-state index contributed by atoms with van der Waals surface area (Å²) in [6.07, 6.45) is -6.95. The Balaban J connectivity index is 1.80. The molecule has 0 saturated heterocycles. The molecule has 0 fully saturated rings. The zero-order valence-corrected chi connectivity index (χ0v) is 17.3.